The van der Waals surface area contributed by atoms with Crippen LogP contribution in [0.25, 0.3) is 5.69 Å². The third kappa shape index (κ3) is 3.58. The van der Waals surface area contributed by atoms with Crippen molar-refractivity contribution in [1.29, 1.82) is 0 Å². The summed E-state index contributed by atoms with van der Waals surface area (Å²) in [5.74, 6) is 0. The summed E-state index contributed by atoms with van der Waals surface area (Å²) >= 11 is 0. The summed E-state index contributed by atoms with van der Waals surface area (Å²) in [6.45, 7) is 4.00. The van der Waals surface area contributed by atoms with E-state index in [2.05, 4.69) is 15.7 Å². The highest BCUT2D eigenvalue weighted by molar-refractivity contribution is 5.89. The first kappa shape index (κ1) is 13.1. The molecule has 0 fully saturated rings. The highest BCUT2D eigenvalue weighted by Gasteiger charge is 2.06. The lowest BCUT2D eigenvalue weighted by Gasteiger charge is -2.13. The van der Waals surface area contributed by atoms with E-state index in [9.17, 15) is 4.79 Å². The largest absolute Gasteiger partial charge is 0.335 e. The van der Waals surface area contributed by atoms with Crippen molar-refractivity contribution in [3.63, 3.8) is 0 Å². The third-order valence-electron chi connectivity index (χ3n) is 2.86. The SMILES string of the molecule is CC[C@@H](C)NC(=O)Nc1cccc(-n2cccn2)c1. The van der Waals surface area contributed by atoms with Gasteiger partial charge in [-0.05, 0) is 37.6 Å². The fraction of sp³-hybridized carbons (Fsp3) is 0.286. The van der Waals surface area contributed by atoms with Crippen LogP contribution in [0.5, 0.6) is 0 Å². The molecule has 2 amide bonds. The zero-order chi connectivity index (χ0) is 13.7. The maximum absolute atomic E-state index is 11.7. The van der Waals surface area contributed by atoms with Gasteiger partial charge in [-0.1, -0.05) is 13.0 Å². The van der Waals surface area contributed by atoms with Crippen molar-refractivity contribution in [2.45, 2.75) is 26.3 Å². The highest BCUT2D eigenvalue weighted by Crippen LogP contribution is 2.13. The second-order valence-electron chi connectivity index (χ2n) is 4.41. The van der Waals surface area contributed by atoms with Gasteiger partial charge in [0.15, 0.2) is 0 Å². The minimum Gasteiger partial charge on any atom is -0.335 e. The Morgan fingerprint density at radius 3 is 2.95 bits per heavy atom. The Balaban J connectivity index is 2.05. The van der Waals surface area contributed by atoms with Crippen LogP contribution < -0.4 is 10.6 Å². The van der Waals surface area contributed by atoms with Crippen molar-refractivity contribution in [2.24, 2.45) is 0 Å². The van der Waals surface area contributed by atoms with Crippen LogP contribution >= 0.6 is 0 Å². The number of nitrogens with one attached hydrogen (secondary N) is 2. The van der Waals surface area contributed by atoms with Crippen molar-refractivity contribution < 1.29 is 4.79 Å². The van der Waals surface area contributed by atoms with E-state index in [1.54, 1.807) is 10.9 Å². The number of hydrogen-bond donors (Lipinski definition) is 2. The van der Waals surface area contributed by atoms with Crippen LogP contribution in [0.4, 0.5) is 10.5 Å². The van der Waals surface area contributed by atoms with E-state index in [1.807, 2.05) is 50.4 Å². The molecule has 2 rings (SSSR count). The molecule has 1 heterocycles. The Kier molecular flexibility index (Phi) is 4.18. The lowest BCUT2D eigenvalue weighted by atomic mass is 10.2. The highest BCUT2D eigenvalue weighted by atomic mass is 16.2. The molecule has 0 unspecified atom stereocenters. The van der Waals surface area contributed by atoms with E-state index in [0.29, 0.717) is 0 Å². The number of carbonyl (C=O) groups excluding carboxylic acids is 1. The number of aromatic nitrogens is 2. The van der Waals surface area contributed by atoms with E-state index in [0.717, 1.165) is 17.8 Å². The zero-order valence-corrected chi connectivity index (χ0v) is 11.1. The average Bonchev–Trinajstić information content (AvgIpc) is 2.92. The maximum atomic E-state index is 11.7. The summed E-state index contributed by atoms with van der Waals surface area (Å²) in [5.41, 5.74) is 1.65. The van der Waals surface area contributed by atoms with E-state index in [4.69, 9.17) is 0 Å². The van der Waals surface area contributed by atoms with Crippen LogP contribution in [-0.4, -0.2) is 21.9 Å². The molecule has 2 N–H and O–H groups in total. The molecule has 0 saturated heterocycles. The van der Waals surface area contributed by atoms with Gasteiger partial charge in [0.05, 0.1) is 5.69 Å². The van der Waals surface area contributed by atoms with Crippen molar-refractivity contribution in [2.75, 3.05) is 5.32 Å². The van der Waals surface area contributed by atoms with Crippen LogP contribution in [0.2, 0.25) is 0 Å². The molecular weight excluding hydrogens is 240 g/mol. The van der Waals surface area contributed by atoms with E-state index in [-0.39, 0.29) is 12.1 Å². The Morgan fingerprint density at radius 2 is 2.26 bits per heavy atom. The topological polar surface area (TPSA) is 59.0 Å². The van der Waals surface area contributed by atoms with Gasteiger partial charge in [-0.25, -0.2) is 9.48 Å². The first-order chi connectivity index (χ1) is 9.19. The quantitative estimate of drug-likeness (QED) is 0.886. The molecule has 0 aliphatic heterocycles. The maximum Gasteiger partial charge on any atom is 0.319 e. The predicted molar refractivity (Wildman–Crippen MR) is 75.5 cm³/mol. The minimum absolute atomic E-state index is 0.161. The molecule has 5 heteroatoms. The van der Waals surface area contributed by atoms with Gasteiger partial charge in [-0.3, -0.25) is 0 Å². The van der Waals surface area contributed by atoms with Gasteiger partial charge < -0.3 is 10.6 Å². The summed E-state index contributed by atoms with van der Waals surface area (Å²) in [4.78, 5) is 11.7. The van der Waals surface area contributed by atoms with E-state index >= 15 is 0 Å². The molecule has 0 radical (unpaired) electrons. The average molecular weight is 258 g/mol. The second-order valence-corrected chi connectivity index (χ2v) is 4.41. The number of hydrogen-bond acceptors (Lipinski definition) is 2. The van der Waals surface area contributed by atoms with Crippen molar-refractivity contribution in [1.82, 2.24) is 15.1 Å². The van der Waals surface area contributed by atoms with Crippen LogP contribution in [0.15, 0.2) is 42.7 Å². The van der Waals surface area contributed by atoms with Gasteiger partial charge in [-0.2, -0.15) is 5.10 Å². The zero-order valence-electron chi connectivity index (χ0n) is 11.1. The van der Waals surface area contributed by atoms with Gasteiger partial charge in [0.1, 0.15) is 0 Å². The Bertz CT molecular complexity index is 536. The van der Waals surface area contributed by atoms with Gasteiger partial charge in [0.2, 0.25) is 0 Å². The summed E-state index contributed by atoms with van der Waals surface area (Å²) in [7, 11) is 0. The summed E-state index contributed by atoms with van der Waals surface area (Å²) in [6.07, 6.45) is 4.48. The normalized spacial score (nSPS) is 11.9. The third-order valence-corrected chi connectivity index (χ3v) is 2.86. The predicted octanol–water partition coefficient (Wildman–Crippen LogP) is 2.79. The lowest BCUT2D eigenvalue weighted by molar-refractivity contribution is 0.249. The van der Waals surface area contributed by atoms with E-state index < -0.39 is 0 Å². The molecule has 0 aliphatic carbocycles. The number of anilines is 1. The number of carbonyl (C=O) groups is 1. The molecule has 5 nitrogen and oxygen atoms in total. The standard InChI is InChI=1S/C14H18N4O/c1-3-11(2)16-14(19)17-12-6-4-7-13(10-12)18-9-5-8-15-18/h4-11H,3H2,1-2H3,(H2,16,17,19)/t11-/m1/s1. The molecular formula is C14H18N4O. The smallest absolute Gasteiger partial charge is 0.319 e. The van der Waals surface area contributed by atoms with Crippen molar-refractivity contribution in [3.05, 3.63) is 42.7 Å². The fourth-order valence-electron chi connectivity index (χ4n) is 1.64. The van der Waals surface area contributed by atoms with Crippen LogP contribution in [-0.2, 0) is 0 Å². The monoisotopic (exact) mass is 258 g/mol. The molecule has 0 spiro atoms. The Labute approximate surface area is 112 Å². The first-order valence-corrected chi connectivity index (χ1v) is 6.36. The summed E-state index contributed by atoms with van der Waals surface area (Å²) in [6, 6.07) is 9.38. The summed E-state index contributed by atoms with van der Waals surface area (Å²) < 4.78 is 1.75. The molecule has 1 aromatic heterocycles. The Hall–Kier alpha value is -2.30. The van der Waals surface area contributed by atoms with Crippen molar-refractivity contribution >= 4 is 11.7 Å². The molecule has 2 aromatic rings. The molecule has 0 aliphatic rings. The fourth-order valence-corrected chi connectivity index (χ4v) is 1.64. The molecule has 1 atom stereocenters. The minimum atomic E-state index is -0.188. The van der Waals surface area contributed by atoms with Crippen molar-refractivity contribution in [3.8, 4) is 5.69 Å². The number of urea groups is 1. The number of rotatable bonds is 4. The number of benzene rings is 1. The van der Waals surface area contributed by atoms with Crippen LogP contribution in [0, 0.1) is 0 Å². The van der Waals surface area contributed by atoms with Crippen LogP contribution in [0.1, 0.15) is 20.3 Å². The van der Waals surface area contributed by atoms with Gasteiger partial charge in [0.25, 0.3) is 0 Å². The molecule has 19 heavy (non-hydrogen) atoms. The van der Waals surface area contributed by atoms with Gasteiger partial charge >= 0.3 is 6.03 Å². The molecule has 100 valence electrons. The lowest BCUT2D eigenvalue weighted by Crippen LogP contribution is -2.35. The number of amides is 2. The number of nitrogens with zero attached hydrogens (tertiary/aromatic N) is 2. The van der Waals surface area contributed by atoms with Crippen LogP contribution in [0.3, 0.4) is 0 Å². The van der Waals surface area contributed by atoms with Gasteiger partial charge in [-0.15, -0.1) is 0 Å². The van der Waals surface area contributed by atoms with Gasteiger partial charge in [0, 0.05) is 24.1 Å². The van der Waals surface area contributed by atoms with E-state index in [1.165, 1.54) is 0 Å². The first-order valence-electron chi connectivity index (χ1n) is 6.36. The molecule has 0 saturated carbocycles. The molecule has 0 bridgehead atoms. The second kappa shape index (κ2) is 6.04. The molecule has 1 aromatic carbocycles. The summed E-state index contributed by atoms with van der Waals surface area (Å²) in [5, 5.41) is 9.83. The Morgan fingerprint density at radius 1 is 1.42 bits per heavy atom.